The molecule has 130 valence electrons. The monoisotopic (exact) mass is 330 g/mol. The second kappa shape index (κ2) is 8.44. The van der Waals surface area contributed by atoms with E-state index in [1.165, 1.54) is 0 Å². The lowest BCUT2D eigenvalue weighted by Gasteiger charge is -2.35. The van der Waals surface area contributed by atoms with Crippen molar-refractivity contribution in [2.24, 2.45) is 0 Å². The van der Waals surface area contributed by atoms with E-state index in [0.29, 0.717) is 13.2 Å². The number of ether oxygens (including phenoxy) is 1. The molecule has 1 saturated heterocycles. The molecule has 3 rings (SSSR count). The first-order valence-corrected chi connectivity index (χ1v) is 8.60. The van der Waals surface area contributed by atoms with Gasteiger partial charge >= 0.3 is 0 Å². The van der Waals surface area contributed by atoms with Crippen LogP contribution in [0, 0.1) is 0 Å². The Labute approximate surface area is 143 Å². The maximum atomic E-state index is 10.3. The first-order chi connectivity index (χ1) is 11.8. The Morgan fingerprint density at radius 3 is 2.46 bits per heavy atom. The predicted octanol–water partition coefficient (Wildman–Crippen LogP) is 1.19. The number of rotatable bonds is 7. The fraction of sp³-hybridized carbons (Fsp3) is 0.474. The van der Waals surface area contributed by atoms with Crippen LogP contribution in [0.3, 0.4) is 0 Å². The van der Waals surface area contributed by atoms with Crippen molar-refractivity contribution >= 4 is 10.8 Å². The van der Waals surface area contributed by atoms with Crippen molar-refractivity contribution in [3.8, 4) is 5.75 Å². The van der Waals surface area contributed by atoms with Gasteiger partial charge in [-0.05, 0) is 11.5 Å². The largest absolute Gasteiger partial charge is 0.490 e. The van der Waals surface area contributed by atoms with Gasteiger partial charge in [0.2, 0.25) is 0 Å². The van der Waals surface area contributed by atoms with Crippen molar-refractivity contribution in [2.45, 2.75) is 6.10 Å². The predicted molar refractivity (Wildman–Crippen MR) is 95.4 cm³/mol. The summed E-state index contributed by atoms with van der Waals surface area (Å²) in [4.78, 5) is 4.50. The number of aliphatic hydroxyl groups is 2. The Balaban J connectivity index is 1.48. The average Bonchev–Trinajstić information content (AvgIpc) is 2.62. The van der Waals surface area contributed by atoms with Crippen LogP contribution < -0.4 is 4.74 Å². The Hall–Kier alpha value is -1.66. The molecule has 0 spiro atoms. The first-order valence-electron chi connectivity index (χ1n) is 8.60. The van der Waals surface area contributed by atoms with E-state index in [4.69, 9.17) is 9.84 Å². The third-order valence-corrected chi connectivity index (χ3v) is 4.53. The fourth-order valence-electron chi connectivity index (χ4n) is 3.20. The maximum Gasteiger partial charge on any atom is 0.127 e. The molecular formula is C19H26N2O3. The molecule has 2 aromatic carbocycles. The molecule has 0 saturated carbocycles. The van der Waals surface area contributed by atoms with Gasteiger partial charge in [-0.2, -0.15) is 0 Å². The van der Waals surface area contributed by atoms with Crippen molar-refractivity contribution in [1.82, 2.24) is 9.80 Å². The van der Waals surface area contributed by atoms with Gasteiger partial charge in [0.25, 0.3) is 0 Å². The standard InChI is InChI=1S/C19H26N2O3/c22-13-12-20-8-10-21(11-9-20)14-17(23)15-24-19-7-3-5-16-4-1-2-6-18(16)19/h1-7,17,22-23H,8-15H2. The summed E-state index contributed by atoms with van der Waals surface area (Å²) >= 11 is 0. The van der Waals surface area contributed by atoms with Crippen LogP contribution in [0.15, 0.2) is 42.5 Å². The molecule has 1 fully saturated rings. The van der Waals surface area contributed by atoms with Crippen LogP contribution in [-0.2, 0) is 0 Å². The third-order valence-electron chi connectivity index (χ3n) is 4.53. The molecule has 0 aromatic heterocycles. The SMILES string of the molecule is OCCN1CCN(CC(O)COc2cccc3ccccc23)CC1. The van der Waals surface area contributed by atoms with Crippen LogP contribution >= 0.6 is 0 Å². The summed E-state index contributed by atoms with van der Waals surface area (Å²) in [6.07, 6.45) is -0.506. The summed E-state index contributed by atoms with van der Waals surface area (Å²) in [5, 5.41) is 21.5. The molecular weight excluding hydrogens is 304 g/mol. The zero-order chi connectivity index (χ0) is 16.8. The summed E-state index contributed by atoms with van der Waals surface area (Å²) < 4.78 is 5.86. The van der Waals surface area contributed by atoms with E-state index in [0.717, 1.165) is 49.2 Å². The number of hydrogen-bond acceptors (Lipinski definition) is 5. The minimum Gasteiger partial charge on any atom is -0.490 e. The second-order valence-corrected chi connectivity index (χ2v) is 6.31. The van der Waals surface area contributed by atoms with Gasteiger partial charge < -0.3 is 14.9 Å². The van der Waals surface area contributed by atoms with E-state index >= 15 is 0 Å². The van der Waals surface area contributed by atoms with E-state index in [-0.39, 0.29) is 6.61 Å². The topological polar surface area (TPSA) is 56.2 Å². The molecule has 1 aliphatic heterocycles. The van der Waals surface area contributed by atoms with Gasteiger partial charge in [-0.1, -0.05) is 36.4 Å². The van der Waals surface area contributed by atoms with Crippen LogP contribution in [0.5, 0.6) is 5.75 Å². The lowest BCUT2D eigenvalue weighted by atomic mass is 10.1. The molecule has 2 N–H and O–H groups in total. The highest BCUT2D eigenvalue weighted by Crippen LogP contribution is 2.25. The van der Waals surface area contributed by atoms with Gasteiger partial charge in [-0.15, -0.1) is 0 Å². The zero-order valence-electron chi connectivity index (χ0n) is 14.0. The molecule has 24 heavy (non-hydrogen) atoms. The minimum absolute atomic E-state index is 0.210. The maximum absolute atomic E-state index is 10.3. The smallest absolute Gasteiger partial charge is 0.127 e. The van der Waals surface area contributed by atoms with Crippen LogP contribution in [0.1, 0.15) is 0 Å². The minimum atomic E-state index is -0.506. The highest BCUT2D eigenvalue weighted by atomic mass is 16.5. The lowest BCUT2D eigenvalue weighted by Crippen LogP contribution is -2.49. The average molecular weight is 330 g/mol. The van der Waals surface area contributed by atoms with Gasteiger partial charge in [0.05, 0.1) is 6.61 Å². The zero-order valence-corrected chi connectivity index (χ0v) is 14.0. The van der Waals surface area contributed by atoms with E-state index in [1.54, 1.807) is 0 Å². The normalized spacial score (nSPS) is 17.9. The number of aliphatic hydroxyl groups excluding tert-OH is 2. The molecule has 1 heterocycles. The fourth-order valence-corrected chi connectivity index (χ4v) is 3.20. The summed E-state index contributed by atoms with van der Waals surface area (Å²) in [5.41, 5.74) is 0. The number of hydrogen-bond donors (Lipinski definition) is 2. The number of piperazine rings is 1. The van der Waals surface area contributed by atoms with Gasteiger partial charge in [-0.25, -0.2) is 0 Å². The molecule has 1 atom stereocenters. The van der Waals surface area contributed by atoms with E-state index < -0.39 is 6.10 Å². The van der Waals surface area contributed by atoms with Crippen molar-refractivity contribution in [2.75, 3.05) is 52.5 Å². The van der Waals surface area contributed by atoms with E-state index in [9.17, 15) is 5.11 Å². The van der Waals surface area contributed by atoms with E-state index in [2.05, 4.69) is 21.9 Å². The van der Waals surface area contributed by atoms with Crippen molar-refractivity contribution < 1.29 is 14.9 Å². The third kappa shape index (κ3) is 4.45. The summed E-state index contributed by atoms with van der Waals surface area (Å²) in [6.45, 7) is 5.59. The van der Waals surface area contributed by atoms with Gasteiger partial charge in [0, 0.05) is 44.7 Å². The van der Waals surface area contributed by atoms with Crippen LogP contribution in [0.2, 0.25) is 0 Å². The highest BCUT2D eigenvalue weighted by molar-refractivity contribution is 5.88. The molecule has 0 amide bonds. The molecule has 0 bridgehead atoms. The second-order valence-electron chi connectivity index (χ2n) is 6.31. The molecule has 5 nitrogen and oxygen atoms in total. The van der Waals surface area contributed by atoms with Gasteiger partial charge in [0.15, 0.2) is 0 Å². The molecule has 1 unspecified atom stereocenters. The number of nitrogens with zero attached hydrogens (tertiary/aromatic N) is 2. The van der Waals surface area contributed by atoms with Crippen molar-refractivity contribution in [3.63, 3.8) is 0 Å². The Morgan fingerprint density at radius 2 is 1.67 bits per heavy atom. The summed E-state index contributed by atoms with van der Waals surface area (Å²) in [7, 11) is 0. The quantitative estimate of drug-likeness (QED) is 0.799. The van der Waals surface area contributed by atoms with E-state index in [1.807, 2.05) is 30.3 Å². The Kier molecular flexibility index (Phi) is 6.04. The van der Waals surface area contributed by atoms with Crippen LogP contribution in [0.25, 0.3) is 10.8 Å². The molecule has 2 aromatic rings. The molecule has 1 aliphatic rings. The molecule has 5 heteroatoms. The first kappa shape index (κ1) is 17.2. The van der Waals surface area contributed by atoms with Crippen molar-refractivity contribution in [3.05, 3.63) is 42.5 Å². The number of β-amino-alcohol motifs (C(OH)–C–C–N with tert-alkyl or cyclic N) is 2. The highest BCUT2D eigenvalue weighted by Gasteiger charge is 2.19. The summed E-state index contributed by atoms with van der Waals surface area (Å²) in [6, 6.07) is 14.1. The Morgan fingerprint density at radius 1 is 0.958 bits per heavy atom. The van der Waals surface area contributed by atoms with Gasteiger partial charge in [0.1, 0.15) is 18.5 Å². The number of benzene rings is 2. The number of fused-ring (bicyclic) bond motifs is 1. The summed E-state index contributed by atoms with van der Waals surface area (Å²) in [5.74, 6) is 0.819. The molecule has 0 radical (unpaired) electrons. The Bertz CT molecular complexity index is 636. The van der Waals surface area contributed by atoms with Gasteiger partial charge in [-0.3, -0.25) is 9.80 Å². The molecule has 0 aliphatic carbocycles. The van der Waals surface area contributed by atoms with Crippen LogP contribution in [-0.4, -0.2) is 78.6 Å². The lowest BCUT2D eigenvalue weighted by molar-refractivity contribution is 0.0432. The van der Waals surface area contributed by atoms with Crippen molar-refractivity contribution in [1.29, 1.82) is 0 Å². The van der Waals surface area contributed by atoms with Crippen LogP contribution in [0.4, 0.5) is 0 Å².